The number of thioether (sulfide) groups is 1. The van der Waals surface area contributed by atoms with Crippen molar-refractivity contribution in [1.82, 2.24) is 5.32 Å². The van der Waals surface area contributed by atoms with Gasteiger partial charge in [0.1, 0.15) is 10.9 Å². The fraction of sp³-hybridized carbons (Fsp3) is 0.0294. The Balaban J connectivity index is 1.31. The van der Waals surface area contributed by atoms with Crippen molar-refractivity contribution in [3.05, 3.63) is 152 Å². The summed E-state index contributed by atoms with van der Waals surface area (Å²) in [5, 5.41) is 10.4. The largest absolute Gasteiger partial charge is 0.323 e. The van der Waals surface area contributed by atoms with E-state index in [-0.39, 0.29) is 22.5 Å². The van der Waals surface area contributed by atoms with E-state index < -0.39 is 11.2 Å². The monoisotopic (exact) mass is 657 g/mol. The number of carbonyl (C=O) groups is 3. The molecule has 5 aromatic rings. The average Bonchev–Trinajstić information content (AvgIpc) is 3.56. The molecular formula is C34H25Cl2N3O3S2. The van der Waals surface area contributed by atoms with Crippen LogP contribution in [0.25, 0.3) is 6.08 Å². The van der Waals surface area contributed by atoms with Crippen molar-refractivity contribution in [3.63, 3.8) is 0 Å². The Morgan fingerprint density at radius 1 is 0.750 bits per heavy atom. The Hall–Kier alpha value is -4.34. The minimum Gasteiger partial charge on any atom is -0.323 e. The second-order valence-corrected chi connectivity index (χ2v) is 12.3. The minimum absolute atomic E-state index is 0.111. The molecule has 5 rings (SSSR count). The summed E-state index contributed by atoms with van der Waals surface area (Å²) < 4.78 is 0. The van der Waals surface area contributed by atoms with Crippen molar-refractivity contribution in [2.24, 2.45) is 0 Å². The predicted octanol–water partition coefficient (Wildman–Crippen LogP) is 8.94. The van der Waals surface area contributed by atoms with Crippen LogP contribution in [-0.4, -0.2) is 17.7 Å². The topological polar surface area (TPSA) is 87.3 Å². The van der Waals surface area contributed by atoms with E-state index in [0.29, 0.717) is 22.0 Å². The zero-order valence-electron chi connectivity index (χ0n) is 23.0. The van der Waals surface area contributed by atoms with Crippen LogP contribution in [0.15, 0.2) is 131 Å². The van der Waals surface area contributed by atoms with Crippen molar-refractivity contribution < 1.29 is 14.4 Å². The van der Waals surface area contributed by atoms with E-state index in [2.05, 4.69) is 16.0 Å². The molecule has 6 nitrogen and oxygen atoms in total. The number of hydrogen-bond acceptors (Lipinski definition) is 5. The highest BCUT2D eigenvalue weighted by Crippen LogP contribution is 2.38. The molecule has 220 valence electrons. The van der Waals surface area contributed by atoms with E-state index in [1.807, 2.05) is 66.0 Å². The number of anilines is 2. The first-order valence-corrected chi connectivity index (χ1v) is 15.9. The molecular weight excluding hydrogens is 633 g/mol. The van der Waals surface area contributed by atoms with Gasteiger partial charge in [0, 0.05) is 21.0 Å². The van der Waals surface area contributed by atoms with Crippen LogP contribution in [0.3, 0.4) is 0 Å². The predicted molar refractivity (Wildman–Crippen MR) is 181 cm³/mol. The number of halogens is 2. The second-order valence-electron chi connectivity index (χ2n) is 9.37. The van der Waals surface area contributed by atoms with Crippen molar-refractivity contribution in [3.8, 4) is 0 Å². The summed E-state index contributed by atoms with van der Waals surface area (Å²) in [6, 6.07) is 34.0. The molecule has 1 unspecified atom stereocenters. The number of carbonyl (C=O) groups excluding carboxylic acids is 3. The van der Waals surface area contributed by atoms with E-state index in [9.17, 15) is 14.4 Å². The lowest BCUT2D eigenvalue weighted by Crippen LogP contribution is -2.30. The molecule has 44 heavy (non-hydrogen) atoms. The molecule has 10 heteroatoms. The van der Waals surface area contributed by atoms with E-state index in [0.717, 1.165) is 15.3 Å². The number of thiophene rings is 1. The normalized spacial score (nSPS) is 11.8. The van der Waals surface area contributed by atoms with E-state index in [4.69, 9.17) is 23.2 Å². The van der Waals surface area contributed by atoms with Crippen LogP contribution in [0.4, 0.5) is 11.4 Å². The van der Waals surface area contributed by atoms with Gasteiger partial charge in [-0.05, 0) is 71.6 Å². The molecule has 3 N–H and O–H groups in total. The van der Waals surface area contributed by atoms with Gasteiger partial charge >= 0.3 is 0 Å². The van der Waals surface area contributed by atoms with Gasteiger partial charge < -0.3 is 16.0 Å². The molecule has 0 aliphatic rings. The number of nitrogens with one attached hydrogen (secondary N) is 3. The van der Waals surface area contributed by atoms with Crippen molar-refractivity contribution in [2.45, 2.75) is 10.1 Å². The maximum Gasteiger partial charge on any atom is 0.272 e. The molecule has 1 heterocycles. The zero-order valence-corrected chi connectivity index (χ0v) is 26.1. The molecule has 0 fully saturated rings. The zero-order chi connectivity index (χ0) is 30.9. The average molecular weight is 659 g/mol. The Kier molecular flexibility index (Phi) is 10.5. The molecule has 0 saturated carbocycles. The lowest BCUT2D eigenvalue weighted by atomic mass is 10.1. The SMILES string of the molecule is O=C(Nc1ccc(SC(C(=O)Nc2cccc(Cl)c2Cl)c2ccccc2)cc1)/C(=C/c1cccs1)NC(=O)c1ccccc1. The smallest absolute Gasteiger partial charge is 0.272 e. The van der Waals surface area contributed by atoms with Crippen molar-refractivity contribution >= 4 is 81.5 Å². The summed E-state index contributed by atoms with van der Waals surface area (Å²) in [5.74, 6) is -1.12. The number of rotatable bonds is 10. The molecule has 1 aromatic heterocycles. The van der Waals surface area contributed by atoms with Crippen molar-refractivity contribution in [1.29, 1.82) is 0 Å². The summed E-state index contributed by atoms with van der Waals surface area (Å²) in [5.41, 5.74) is 2.31. The molecule has 0 saturated heterocycles. The molecule has 0 bridgehead atoms. The van der Waals surface area contributed by atoms with Gasteiger partial charge in [-0.25, -0.2) is 0 Å². The van der Waals surface area contributed by atoms with Crippen LogP contribution < -0.4 is 16.0 Å². The summed E-state index contributed by atoms with van der Waals surface area (Å²) in [6.45, 7) is 0. The Morgan fingerprint density at radius 3 is 2.14 bits per heavy atom. The third-order valence-corrected chi connectivity index (χ3v) is 9.18. The number of hydrogen-bond donors (Lipinski definition) is 3. The highest BCUT2D eigenvalue weighted by molar-refractivity contribution is 8.00. The van der Waals surface area contributed by atoms with Crippen LogP contribution in [0.1, 0.15) is 26.0 Å². The van der Waals surface area contributed by atoms with Crippen LogP contribution in [0.5, 0.6) is 0 Å². The van der Waals surface area contributed by atoms with Crippen LogP contribution in [0.2, 0.25) is 10.0 Å². The van der Waals surface area contributed by atoms with Gasteiger partial charge in [0.2, 0.25) is 5.91 Å². The van der Waals surface area contributed by atoms with Gasteiger partial charge in [-0.3, -0.25) is 14.4 Å². The van der Waals surface area contributed by atoms with Crippen LogP contribution in [-0.2, 0) is 9.59 Å². The van der Waals surface area contributed by atoms with Gasteiger partial charge in [0.15, 0.2) is 0 Å². The van der Waals surface area contributed by atoms with Gasteiger partial charge in [-0.15, -0.1) is 23.1 Å². The minimum atomic E-state index is -0.597. The highest BCUT2D eigenvalue weighted by atomic mass is 35.5. The number of benzene rings is 4. The first kappa shape index (κ1) is 31.1. The maximum absolute atomic E-state index is 13.5. The molecule has 0 spiro atoms. The van der Waals surface area contributed by atoms with Crippen LogP contribution in [0, 0.1) is 0 Å². The maximum atomic E-state index is 13.5. The molecule has 1 atom stereocenters. The third-order valence-electron chi connectivity index (χ3n) is 6.27. The summed E-state index contributed by atoms with van der Waals surface area (Å²) in [4.78, 5) is 41.2. The Bertz CT molecular complexity index is 1780. The molecule has 0 aliphatic heterocycles. The Morgan fingerprint density at radius 2 is 1.45 bits per heavy atom. The van der Waals surface area contributed by atoms with E-state index in [1.165, 1.54) is 23.1 Å². The molecule has 0 aliphatic carbocycles. The first-order chi connectivity index (χ1) is 21.4. The van der Waals surface area contributed by atoms with Gasteiger partial charge in [0.05, 0.1) is 15.7 Å². The summed E-state index contributed by atoms with van der Waals surface area (Å²) >= 11 is 15.3. The highest BCUT2D eigenvalue weighted by Gasteiger charge is 2.23. The summed E-state index contributed by atoms with van der Waals surface area (Å²) in [6.07, 6.45) is 1.64. The molecule has 3 amide bonds. The number of amides is 3. The van der Waals surface area contributed by atoms with Gasteiger partial charge in [-0.1, -0.05) is 83.9 Å². The quantitative estimate of drug-likeness (QED) is 0.103. The third kappa shape index (κ3) is 8.18. The molecule has 4 aromatic carbocycles. The lowest BCUT2D eigenvalue weighted by molar-refractivity contribution is -0.116. The van der Waals surface area contributed by atoms with Crippen molar-refractivity contribution in [2.75, 3.05) is 10.6 Å². The second kappa shape index (κ2) is 14.9. The Labute approximate surface area is 273 Å². The fourth-order valence-electron chi connectivity index (χ4n) is 4.11. The standard InChI is InChI=1S/C34H25Cl2N3O3S2/c35-27-14-7-15-28(30(27)36)38-34(42)31(22-9-3-1-4-10-22)44-25-18-16-24(17-19-25)37-33(41)29(21-26-13-8-20-43-26)39-32(40)23-11-5-2-6-12-23/h1-21,31H,(H,37,41)(H,38,42)(H,39,40)/b29-21-. The van der Waals surface area contributed by atoms with Gasteiger partial charge in [0.25, 0.3) is 11.8 Å². The van der Waals surface area contributed by atoms with E-state index >= 15 is 0 Å². The fourth-order valence-corrected chi connectivity index (χ4v) is 6.14. The van der Waals surface area contributed by atoms with Gasteiger partial charge in [-0.2, -0.15) is 0 Å². The summed E-state index contributed by atoms with van der Waals surface area (Å²) in [7, 11) is 0. The van der Waals surface area contributed by atoms with E-state index in [1.54, 1.807) is 60.7 Å². The van der Waals surface area contributed by atoms with Crippen LogP contribution >= 0.6 is 46.3 Å². The lowest BCUT2D eigenvalue weighted by Gasteiger charge is -2.18. The molecule has 0 radical (unpaired) electrons. The first-order valence-electron chi connectivity index (χ1n) is 13.4.